The van der Waals surface area contributed by atoms with E-state index in [2.05, 4.69) is 0 Å². The first-order valence-corrected chi connectivity index (χ1v) is 9.48. The van der Waals surface area contributed by atoms with E-state index in [-0.39, 0.29) is 10.6 Å². The molecule has 148 valence electrons. The van der Waals surface area contributed by atoms with Crippen molar-refractivity contribution in [3.8, 4) is 11.8 Å². The third-order valence-corrected chi connectivity index (χ3v) is 5.41. The lowest BCUT2D eigenvalue weighted by Gasteiger charge is -2.47. The normalized spacial score (nSPS) is 20.5. The maximum Gasteiger partial charge on any atom is 0.337 e. The van der Waals surface area contributed by atoms with Gasteiger partial charge >= 0.3 is 5.97 Å². The van der Waals surface area contributed by atoms with Gasteiger partial charge in [-0.2, -0.15) is 5.26 Å². The number of thiocarbonyl (C=S) groups is 1. The van der Waals surface area contributed by atoms with Gasteiger partial charge in [-0.15, -0.1) is 0 Å². The maximum atomic E-state index is 12.9. The molecule has 2 N–H and O–H groups in total. The summed E-state index contributed by atoms with van der Waals surface area (Å²) in [6, 6.07) is 8.71. The van der Waals surface area contributed by atoms with Crippen molar-refractivity contribution in [1.29, 1.82) is 5.26 Å². The molecule has 0 saturated heterocycles. The van der Waals surface area contributed by atoms with Crippen molar-refractivity contribution in [1.82, 2.24) is 0 Å². The maximum absolute atomic E-state index is 12.9. The van der Waals surface area contributed by atoms with Crippen molar-refractivity contribution in [3.63, 3.8) is 0 Å². The highest BCUT2D eigenvalue weighted by atomic mass is 32.1. The Kier molecular flexibility index (Phi) is 5.75. The third-order valence-electron chi connectivity index (χ3n) is 5.16. The quantitative estimate of drug-likeness (QED) is 0.588. The number of hydrogen-bond acceptors (Lipinski definition) is 7. The summed E-state index contributed by atoms with van der Waals surface area (Å²) in [7, 11) is 1.49. The largest absolute Gasteiger partial charge is 0.574 e. The molecule has 1 aliphatic heterocycles. The van der Waals surface area contributed by atoms with Crippen molar-refractivity contribution < 1.29 is 24.1 Å². The highest BCUT2D eigenvalue weighted by molar-refractivity contribution is 7.80. The summed E-state index contributed by atoms with van der Waals surface area (Å²) in [6.45, 7) is 0. The van der Waals surface area contributed by atoms with Gasteiger partial charge in [-0.1, -0.05) is 30.8 Å². The molecule has 1 spiro atoms. The second-order valence-electron chi connectivity index (χ2n) is 6.93. The summed E-state index contributed by atoms with van der Waals surface area (Å²) < 4.78 is 16.4. The Morgan fingerprint density at radius 1 is 1.36 bits per heavy atom. The minimum atomic E-state index is -1.21. The number of nitrogens with zero attached hydrogens (tertiary/aromatic N) is 1. The Morgan fingerprint density at radius 3 is 2.64 bits per heavy atom. The second kappa shape index (κ2) is 8.07. The molecular weight excluding hydrogens is 380 g/mol. The minimum Gasteiger partial charge on any atom is -0.574 e. The van der Waals surface area contributed by atoms with Crippen LogP contribution in [-0.2, 0) is 14.3 Å². The average molecular weight is 401 g/mol. The first-order valence-electron chi connectivity index (χ1n) is 9.07. The van der Waals surface area contributed by atoms with Crippen LogP contribution in [0.3, 0.4) is 0 Å². The summed E-state index contributed by atoms with van der Waals surface area (Å²) in [4.78, 5) is 12.8. The lowest BCUT2D eigenvalue weighted by Crippen LogP contribution is -2.47. The molecule has 28 heavy (non-hydrogen) atoms. The summed E-state index contributed by atoms with van der Waals surface area (Å²) in [5.41, 5.74) is 5.96. The fourth-order valence-electron chi connectivity index (χ4n) is 3.76. The van der Waals surface area contributed by atoms with Crippen LogP contribution in [0.15, 0.2) is 35.8 Å². The van der Waals surface area contributed by atoms with E-state index in [4.69, 9.17) is 32.2 Å². The van der Waals surface area contributed by atoms with Crippen molar-refractivity contribution in [2.24, 2.45) is 11.7 Å². The fourth-order valence-corrected chi connectivity index (χ4v) is 3.95. The van der Waals surface area contributed by atoms with Gasteiger partial charge in [0, 0.05) is 5.92 Å². The number of nitrogens with two attached hydrogens (primary N) is 1. The van der Waals surface area contributed by atoms with Crippen LogP contribution >= 0.6 is 12.2 Å². The van der Waals surface area contributed by atoms with E-state index in [1.807, 2.05) is 6.07 Å². The number of benzene rings is 1. The Labute approximate surface area is 168 Å². The molecule has 2 aliphatic rings. The molecule has 0 aromatic heterocycles. The highest BCUT2D eigenvalue weighted by Crippen LogP contribution is 2.43. The van der Waals surface area contributed by atoms with E-state index in [9.17, 15) is 15.2 Å². The standard InChI is InChI=1S/C20H22N2O5S/c1-25-13-7-5-6-12(10-13)15(14(11-21)17(22)28)16-18(23)26-20(27-19(16)24)8-3-2-4-9-20/h5-7,10,14-15,23H,2-4,8-9H2,1H3,(H2,22,28)/p-1. The van der Waals surface area contributed by atoms with Gasteiger partial charge in [0.1, 0.15) is 11.7 Å². The number of hydrogen-bond donors (Lipinski definition) is 1. The first-order chi connectivity index (χ1) is 13.4. The van der Waals surface area contributed by atoms with Gasteiger partial charge < -0.3 is 25.1 Å². The SMILES string of the molecule is COc1cccc(C(C2=C([O-])OC3(CCCCC3)OC2=O)C(C#N)C(N)=S)c1. The van der Waals surface area contributed by atoms with Gasteiger partial charge in [0.25, 0.3) is 0 Å². The number of carbonyl (C=O) groups is 1. The van der Waals surface area contributed by atoms with Crippen LogP contribution in [0.5, 0.6) is 5.75 Å². The minimum absolute atomic E-state index is 0.124. The molecule has 0 amide bonds. The van der Waals surface area contributed by atoms with E-state index in [0.717, 1.165) is 19.3 Å². The summed E-state index contributed by atoms with van der Waals surface area (Å²) in [6.07, 6.45) is 3.56. The topological polar surface area (TPSA) is 118 Å². The number of nitriles is 1. The zero-order valence-corrected chi connectivity index (χ0v) is 16.3. The van der Waals surface area contributed by atoms with Gasteiger partial charge in [-0.25, -0.2) is 4.79 Å². The van der Waals surface area contributed by atoms with Gasteiger partial charge in [0.15, 0.2) is 5.79 Å². The lowest BCUT2D eigenvalue weighted by molar-refractivity contribution is -0.402. The van der Waals surface area contributed by atoms with Crippen LogP contribution in [0.2, 0.25) is 0 Å². The van der Waals surface area contributed by atoms with Crippen LogP contribution in [0, 0.1) is 17.2 Å². The zero-order chi connectivity index (χ0) is 20.3. The molecule has 3 rings (SSSR count). The molecule has 1 heterocycles. The third kappa shape index (κ3) is 3.76. The van der Waals surface area contributed by atoms with E-state index in [1.165, 1.54) is 7.11 Å². The van der Waals surface area contributed by atoms with Gasteiger partial charge in [-0.05, 0) is 43.4 Å². The monoisotopic (exact) mass is 401 g/mol. The summed E-state index contributed by atoms with van der Waals surface area (Å²) in [5, 5.41) is 22.5. The smallest absolute Gasteiger partial charge is 0.337 e. The van der Waals surface area contributed by atoms with Crippen LogP contribution in [0.1, 0.15) is 43.6 Å². The molecule has 1 aromatic rings. The molecule has 8 heteroatoms. The highest BCUT2D eigenvalue weighted by Gasteiger charge is 2.43. The predicted molar refractivity (Wildman–Crippen MR) is 102 cm³/mol. The van der Waals surface area contributed by atoms with E-state index >= 15 is 0 Å². The van der Waals surface area contributed by atoms with Crippen molar-refractivity contribution in [2.45, 2.75) is 43.8 Å². The molecule has 1 aliphatic carbocycles. The fraction of sp³-hybridized carbons (Fsp3) is 0.450. The Morgan fingerprint density at radius 2 is 2.07 bits per heavy atom. The van der Waals surface area contributed by atoms with Crippen LogP contribution < -0.4 is 15.6 Å². The lowest BCUT2D eigenvalue weighted by atomic mass is 9.80. The van der Waals surface area contributed by atoms with E-state index in [1.54, 1.807) is 24.3 Å². The number of carbonyl (C=O) groups excluding carboxylic acids is 1. The Hall–Kier alpha value is -2.79. The molecule has 1 fully saturated rings. The summed E-state index contributed by atoms with van der Waals surface area (Å²) >= 11 is 5.03. The average Bonchev–Trinajstić information content (AvgIpc) is 2.67. The molecule has 2 atom stereocenters. The Bertz CT molecular complexity index is 854. The van der Waals surface area contributed by atoms with Crippen LogP contribution in [0.4, 0.5) is 0 Å². The predicted octanol–water partition coefficient (Wildman–Crippen LogP) is 2.01. The molecule has 0 radical (unpaired) electrons. The first kappa shape index (κ1) is 20.0. The second-order valence-corrected chi connectivity index (χ2v) is 7.40. The van der Waals surface area contributed by atoms with Crippen molar-refractivity contribution >= 4 is 23.2 Å². The van der Waals surface area contributed by atoms with Gasteiger partial charge in [0.05, 0.1) is 29.7 Å². The van der Waals surface area contributed by atoms with Crippen molar-refractivity contribution in [3.05, 3.63) is 41.3 Å². The van der Waals surface area contributed by atoms with E-state index < -0.39 is 29.5 Å². The van der Waals surface area contributed by atoms with Gasteiger partial charge in [-0.3, -0.25) is 0 Å². The number of methoxy groups -OCH3 is 1. The summed E-state index contributed by atoms with van der Waals surface area (Å²) in [5.74, 6) is -4.38. The Balaban J connectivity index is 2.09. The van der Waals surface area contributed by atoms with Gasteiger partial charge in [0.2, 0.25) is 0 Å². The molecule has 2 unspecified atom stereocenters. The van der Waals surface area contributed by atoms with Crippen LogP contribution in [0.25, 0.3) is 0 Å². The molecule has 0 bridgehead atoms. The van der Waals surface area contributed by atoms with Crippen molar-refractivity contribution in [2.75, 3.05) is 7.11 Å². The molecule has 7 nitrogen and oxygen atoms in total. The number of ether oxygens (including phenoxy) is 3. The molecule has 1 aromatic carbocycles. The van der Waals surface area contributed by atoms with Crippen LogP contribution in [-0.4, -0.2) is 23.9 Å². The molecular formula is C20H21N2O5S-. The number of esters is 1. The van der Waals surface area contributed by atoms with E-state index in [0.29, 0.717) is 24.2 Å². The zero-order valence-electron chi connectivity index (χ0n) is 15.5. The molecule has 1 saturated carbocycles. The number of rotatable bonds is 5.